The molecule has 3 aromatic carbocycles. The Hall–Kier alpha value is -2.58. The third-order valence-corrected chi connectivity index (χ3v) is 9.81. The van der Waals surface area contributed by atoms with E-state index in [9.17, 15) is 0 Å². The topological polar surface area (TPSA) is 19.4 Å². The molecule has 6 heteroatoms. The molecule has 6 atom stereocenters. The van der Waals surface area contributed by atoms with Crippen LogP contribution in [0.3, 0.4) is 0 Å². The SMILES string of the molecule is c1cc2cc(c1)C1c3cccc(c3)C3c4cccc(c4)C2N2CCN(C2)C(N2CCN1C2)N1CCN3C1. The lowest BCUT2D eigenvalue weighted by Crippen LogP contribution is -2.57. The van der Waals surface area contributed by atoms with E-state index in [0.717, 1.165) is 59.3 Å². The van der Waals surface area contributed by atoms with E-state index in [1.807, 2.05) is 0 Å². The maximum Gasteiger partial charge on any atom is 0.122 e. The second-order valence-corrected chi connectivity index (χ2v) is 11.9. The van der Waals surface area contributed by atoms with Crippen LogP contribution in [0.1, 0.15) is 51.5 Å². The van der Waals surface area contributed by atoms with Crippen LogP contribution in [0.25, 0.3) is 0 Å². The van der Waals surface area contributed by atoms with E-state index in [4.69, 9.17) is 0 Å². The Morgan fingerprint density at radius 2 is 0.649 bits per heavy atom. The summed E-state index contributed by atoms with van der Waals surface area (Å²) in [6, 6.07) is 29.6. The van der Waals surface area contributed by atoms with Gasteiger partial charge in [0.25, 0.3) is 0 Å². The van der Waals surface area contributed by atoms with Crippen LogP contribution in [0.5, 0.6) is 0 Å². The Bertz CT molecular complexity index is 1150. The Balaban J connectivity index is 1.40. The second kappa shape index (κ2) is 7.96. The average molecular weight is 491 g/mol. The number of benzene rings is 3. The van der Waals surface area contributed by atoms with Gasteiger partial charge in [0.2, 0.25) is 0 Å². The van der Waals surface area contributed by atoms with Crippen LogP contribution < -0.4 is 0 Å². The summed E-state index contributed by atoms with van der Waals surface area (Å²) in [6.07, 6.45) is 0.357. The van der Waals surface area contributed by atoms with Crippen molar-refractivity contribution in [2.75, 3.05) is 59.3 Å². The molecular weight excluding hydrogens is 456 g/mol. The van der Waals surface area contributed by atoms with Gasteiger partial charge in [-0.25, -0.2) is 0 Å². The molecule has 6 unspecified atom stereocenters. The summed E-state index contributed by atoms with van der Waals surface area (Å²) in [5, 5.41) is 0. The zero-order valence-electron chi connectivity index (χ0n) is 21.3. The largest absolute Gasteiger partial charge is 0.278 e. The maximum absolute atomic E-state index is 2.77. The summed E-state index contributed by atoms with van der Waals surface area (Å²) in [6.45, 7) is 9.75. The van der Waals surface area contributed by atoms with E-state index in [1.54, 1.807) is 0 Å². The van der Waals surface area contributed by atoms with Crippen molar-refractivity contribution < 1.29 is 0 Å². The molecule has 6 aliphatic heterocycles. The lowest BCUT2D eigenvalue weighted by Gasteiger charge is -2.43. The van der Waals surface area contributed by atoms with Gasteiger partial charge in [0.05, 0.1) is 38.1 Å². The Labute approximate surface area is 219 Å². The monoisotopic (exact) mass is 490 g/mol. The van der Waals surface area contributed by atoms with Gasteiger partial charge in [-0.05, 0) is 33.4 Å². The molecule has 0 amide bonds. The van der Waals surface area contributed by atoms with Crippen LogP contribution in [0.2, 0.25) is 0 Å². The molecule has 3 aromatic rings. The predicted molar refractivity (Wildman–Crippen MR) is 143 cm³/mol. The Kier molecular flexibility index (Phi) is 4.60. The molecule has 188 valence electrons. The minimum absolute atomic E-state index is 0.272. The molecule has 7 aliphatic rings. The molecule has 3 fully saturated rings. The molecule has 0 radical (unpaired) electrons. The van der Waals surface area contributed by atoms with Gasteiger partial charge >= 0.3 is 0 Å². The highest BCUT2D eigenvalue weighted by atomic mass is 15.6. The molecule has 3 saturated heterocycles. The first-order valence-corrected chi connectivity index (χ1v) is 14.0. The summed E-state index contributed by atoms with van der Waals surface area (Å²) in [7, 11) is 0. The van der Waals surface area contributed by atoms with Crippen LogP contribution in [0.4, 0.5) is 0 Å². The van der Waals surface area contributed by atoms with Crippen LogP contribution in [-0.4, -0.2) is 95.0 Å². The molecule has 16 bridgehead atoms. The van der Waals surface area contributed by atoms with Crippen molar-refractivity contribution in [2.45, 2.75) is 24.4 Å². The van der Waals surface area contributed by atoms with Gasteiger partial charge in [-0.15, -0.1) is 0 Å². The number of hydrogen-bond acceptors (Lipinski definition) is 6. The summed E-state index contributed by atoms with van der Waals surface area (Å²) in [4.78, 5) is 16.5. The number of hydrogen-bond donors (Lipinski definition) is 0. The summed E-state index contributed by atoms with van der Waals surface area (Å²) >= 11 is 0. The van der Waals surface area contributed by atoms with Gasteiger partial charge in [-0.2, -0.15) is 0 Å². The first-order valence-electron chi connectivity index (χ1n) is 14.0. The maximum atomic E-state index is 2.77. The molecule has 1 aliphatic carbocycles. The van der Waals surface area contributed by atoms with Gasteiger partial charge in [-0.3, -0.25) is 29.4 Å². The minimum atomic E-state index is 0.272. The molecule has 10 rings (SSSR count). The van der Waals surface area contributed by atoms with Crippen molar-refractivity contribution in [3.8, 4) is 0 Å². The highest BCUT2D eigenvalue weighted by molar-refractivity contribution is 5.45. The smallest absolute Gasteiger partial charge is 0.122 e. The molecule has 0 spiro atoms. The Morgan fingerprint density at radius 3 is 0.946 bits per heavy atom. The summed E-state index contributed by atoms with van der Waals surface area (Å²) < 4.78 is 0. The van der Waals surface area contributed by atoms with Crippen LogP contribution >= 0.6 is 0 Å². The van der Waals surface area contributed by atoms with Crippen molar-refractivity contribution in [3.05, 3.63) is 106 Å². The Morgan fingerprint density at radius 1 is 0.378 bits per heavy atom. The highest BCUT2D eigenvalue weighted by Gasteiger charge is 2.45. The van der Waals surface area contributed by atoms with Crippen molar-refractivity contribution in [3.63, 3.8) is 0 Å². The van der Waals surface area contributed by atoms with Gasteiger partial charge in [0.15, 0.2) is 0 Å². The third-order valence-electron chi connectivity index (χ3n) is 9.81. The standard InChI is InChI=1S/C31H34N6/c1-4-22-16-23(5-1)29-25-7-3-9-27(18-25)30-26-8-2-6-24(17-26)28(22)32-10-13-35(19-32)31(36-14-11-33(29)20-36)37-15-12-34(30)21-37/h1-9,16-18,28-31H,10-15,19-21H2. The van der Waals surface area contributed by atoms with Crippen molar-refractivity contribution in [1.82, 2.24) is 29.4 Å². The summed E-state index contributed by atoms with van der Waals surface area (Å²) in [5.41, 5.74) is 8.60. The van der Waals surface area contributed by atoms with E-state index < -0.39 is 0 Å². The molecule has 6 nitrogen and oxygen atoms in total. The van der Waals surface area contributed by atoms with E-state index in [2.05, 4.69) is 102 Å². The molecule has 0 aromatic heterocycles. The van der Waals surface area contributed by atoms with Crippen LogP contribution in [0, 0.1) is 0 Å². The fraction of sp³-hybridized carbons (Fsp3) is 0.419. The van der Waals surface area contributed by atoms with Crippen molar-refractivity contribution in [1.29, 1.82) is 0 Å². The first kappa shape index (κ1) is 21.4. The minimum Gasteiger partial charge on any atom is -0.278 e. The van der Waals surface area contributed by atoms with Gasteiger partial charge in [0.1, 0.15) is 6.29 Å². The van der Waals surface area contributed by atoms with Crippen molar-refractivity contribution in [2.24, 2.45) is 0 Å². The number of nitrogens with zero attached hydrogens (tertiary/aromatic N) is 6. The zero-order valence-corrected chi connectivity index (χ0v) is 21.3. The molecule has 0 N–H and O–H groups in total. The quantitative estimate of drug-likeness (QED) is 0.478. The molecule has 0 saturated carbocycles. The van der Waals surface area contributed by atoms with Gasteiger partial charge < -0.3 is 0 Å². The van der Waals surface area contributed by atoms with Crippen molar-refractivity contribution >= 4 is 0 Å². The third kappa shape index (κ3) is 3.15. The van der Waals surface area contributed by atoms with Crippen LogP contribution in [-0.2, 0) is 0 Å². The number of rotatable bonds is 0. The average Bonchev–Trinajstić information content (AvgIpc) is 3.68. The first-order chi connectivity index (χ1) is 18.3. The lowest BCUT2D eigenvalue weighted by molar-refractivity contribution is -0.0635. The van der Waals surface area contributed by atoms with Gasteiger partial charge in [-0.1, -0.05) is 72.8 Å². The lowest BCUT2D eigenvalue weighted by atomic mass is 9.86. The van der Waals surface area contributed by atoms with E-state index in [0.29, 0.717) is 6.29 Å². The van der Waals surface area contributed by atoms with E-state index in [-0.39, 0.29) is 18.1 Å². The predicted octanol–water partition coefficient (Wildman–Crippen LogP) is 3.30. The zero-order chi connectivity index (χ0) is 24.1. The normalized spacial score (nSPS) is 40.5. The van der Waals surface area contributed by atoms with E-state index >= 15 is 0 Å². The summed E-state index contributed by atoms with van der Waals surface area (Å²) in [5.74, 6) is 0. The van der Waals surface area contributed by atoms with Gasteiger partial charge in [0, 0.05) is 39.3 Å². The van der Waals surface area contributed by atoms with Crippen LogP contribution in [0.15, 0.2) is 72.8 Å². The second-order valence-electron chi connectivity index (χ2n) is 11.9. The van der Waals surface area contributed by atoms with E-state index in [1.165, 1.54) is 33.4 Å². The molecule has 37 heavy (non-hydrogen) atoms. The molecular formula is C31H34N6. The highest BCUT2D eigenvalue weighted by Crippen LogP contribution is 2.43. The fourth-order valence-electron chi connectivity index (χ4n) is 8.33. The fourth-order valence-corrected chi connectivity index (χ4v) is 8.33. The molecule has 6 heterocycles.